The Morgan fingerprint density at radius 2 is 0.626 bits per heavy atom. The lowest BCUT2D eigenvalue weighted by Gasteiger charge is -2.25. The van der Waals surface area contributed by atoms with Crippen LogP contribution in [0.3, 0.4) is 0 Å². The van der Waals surface area contributed by atoms with Crippen LogP contribution < -0.4 is 0 Å². The number of aliphatic carboxylic acids is 1. The van der Waals surface area contributed by atoms with Gasteiger partial charge in [0.1, 0.15) is 13.2 Å². The first-order valence-electron chi connectivity index (χ1n) is 37.0. The van der Waals surface area contributed by atoms with Gasteiger partial charge in [0.15, 0.2) is 6.10 Å². The van der Waals surface area contributed by atoms with Gasteiger partial charge in [0.2, 0.25) is 0 Å². The van der Waals surface area contributed by atoms with Gasteiger partial charge in [0.25, 0.3) is 6.29 Å². The molecule has 1 N–H and O–H groups in total. The third kappa shape index (κ3) is 72.5. The third-order valence-corrected chi connectivity index (χ3v) is 15.6. The monoisotopic (exact) mass is 1270 g/mol. The predicted molar refractivity (Wildman–Crippen MR) is 391 cm³/mol. The van der Waals surface area contributed by atoms with Gasteiger partial charge >= 0.3 is 17.9 Å². The number of hydrogen-bond donors (Lipinski definition) is 1. The molecule has 0 spiro atoms. The van der Waals surface area contributed by atoms with Crippen LogP contribution in [0, 0.1) is 0 Å². The van der Waals surface area contributed by atoms with Crippen LogP contribution >= 0.6 is 0 Å². The smallest absolute Gasteiger partial charge is 0.361 e. The second-order valence-electron chi connectivity index (χ2n) is 25.5. The van der Waals surface area contributed by atoms with E-state index in [9.17, 15) is 19.5 Å². The molecule has 0 radical (unpaired) electrons. The Kier molecular flexibility index (Phi) is 67.3. The summed E-state index contributed by atoms with van der Waals surface area (Å²) in [6.07, 6.45) is 101. The van der Waals surface area contributed by atoms with Crippen molar-refractivity contribution in [3.05, 3.63) is 146 Å². The Labute approximate surface area is 560 Å². The molecule has 0 aliphatic carbocycles. The molecule has 9 nitrogen and oxygen atoms in total. The lowest BCUT2D eigenvalue weighted by atomic mass is 10.0. The van der Waals surface area contributed by atoms with Crippen LogP contribution in [0.2, 0.25) is 0 Å². The molecule has 0 bridgehead atoms. The molecule has 0 aromatic rings. The minimum atomic E-state index is -1.52. The van der Waals surface area contributed by atoms with Crippen molar-refractivity contribution in [3.8, 4) is 0 Å². The maximum atomic E-state index is 13.0. The van der Waals surface area contributed by atoms with Gasteiger partial charge in [-0.15, -0.1) is 0 Å². The fraction of sp³-hybridized carbons (Fsp3) is 0.671. The standard InChI is InChI=1S/C82H137NO8/c1-6-8-10-12-14-16-18-20-22-24-26-28-30-32-33-34-35-36-37-38-39-40-41-42-43-44-45-46-47-49-51-53-55-57-59-61-63-65-67-69-71-73-80(85)91-78(77-90-82(81(86)87)88-75-74-83(3,4)5)76-89-79(84)72-70-68-66-64-62-60-58-56-54-52-50-48-31-29-27-25-23-21-19-17-15-13-11-9-7-2/h8,10,14,16,19-22,25-28,31-33,35-36,38-39,41-42,44-45,48,78,82H,6-7,9,11-13,15,17-18,23-24,29-30,34,37,40,43,46-47,49-77H2,1-5H3/p+1/b10-8-,16-14-,21-19-,22-20-,27-25-,28-26-,33-32-,36-35-,39-38-,42-41-,45-44-,48-31-. The van der Waals surface area contributed by atoms with Crippen molar-refractivity contribution in [2.45, 2.75) is 309 Å². The van der Waals surface area contributed by atoms with E-state index in [4.69, 9.17) is 18.9 Å². The average Bonchev–Trinajstić information content (AvgIpc) is 3.53. The van der Waals surface area contributed by atoms with Gasteiger partial charge in [-0.25, -0.2) is 4.79 Å². The first-order chi connectivity index (χ1) is 44.6. The van der Waals surface area contributed by atoms with Gasteiger partial charge in [0, 0.05) is 12.8 Å². The van der Waals surface area contributed by atoms with Crippen molar-refractivity contribution in [2.75, 3.05) is 47.5 Å². The molecule has 0 amide bonds. The van der Waals surface area contributed by atoms with Crippen molar-refractivity contribution < 1.29 is 42.9 Å². The number of likely N-dealkylation sites (N-methyl/N-ethyl adjacent to an activating group) is 1. The summed E-state index contributed by atoms with van der Waals surface area (Å²) >= 11 is 0. The lowest BCUT2D eigenvalue weighted by molar-refractivity contribution is -0.870. The van der Waals surface area contributed by atoms with E-state index >= 15 is 0 Å². The first-order valence-corrected chi connectivity index (χ1v) is 37.0. The molecule has 9 heteroatoms. The van der Waals surface area contributed by atoms with Gasteiger partial charge in [-0.3, -0.25) is 9.59 Å². The number of carboxylic acids is 1. The van der Waals surface area contributed by atoms with Crippen LogP contribution in [0.4, 0.5) is 0 Å². The van der Waals surface area contributed by atoms with Gasteiger partial charge in [0.05, 0.1) is 34.4 Å². The van der Waals surface area contributed by atoms with Crippen LogP contribution in [0.1, 0.15) is 296 Å². The first kappa shape index (κ1) is 86.2. The number of carbonyl (C=O) groups excluding carboxylic acids is 2. The molecule has 0 fully saturated rings. The summed E-state index contributed by atoms with van der Waals surface area (Å²) < 4.78 is 23.0. The third-order valence-electron chi connectivity index (χ3n) is 15.6. The minimum absolute atomic E-state index is 0.181. The van der Waals surface area contributed by atoms with Crippen LogP contribution in [-0.2, 0) is 33.3 Å². The van der Waals surface area contributed by atoms with Crippen LogP contribution in [0.25, 0.3) is 0 Å². The normalized spacial score (nSPS) is 13.5. The zero-order chi connectivity index (χ0) is 66.1. The molecule has 0 rings (SSSR count). The molecule has 518 valence electrons. The molecule has 0 saturated carbocycles. The van der Waals surface area contributed by atoms with E-state index in [0.29, 0.717) is 23.9 Å². The Hall–Kier alpha value is -4.83. The highest BCUT2D eigenvalue weighted by Gasteiger charge is 2.25. The molecule has 0 aliphatic heterocycles. The number of allylic oxidation sites excluding steroid dienone is 24. The number of unbranched alkanes of at least 4 members (excludes halogenated alkanes) is 28. The fourth-order valence-electron chi connectivity index (χ4n) is 9.96. The number of carbonyl (C=O) groups is 3. The van der Waals surface area contributed by atoms with Gasteiger partial charge in [-0.05, 0) is 122 Å². The van der Waals surface area contributed by atoms with Crippen molar-refractivity contribution in [2.24, 2.45) is 0 Å². The maximum Gasteiger partial charge on any atom is 0.361 e. The molecule has 0 aliphatic rings. The summed E-state index contributed by atoms with van der Waals surface area (Å²) in [5.41, 5.74) is 0. The molecular formula is C82H138NO8+. The van der Waals surface area contributed by atoms with E-state index in [-0.39, 0.29) is 32.2 Å². The second-order valence-corrected chi connectivity index (χ2v) is 25.5. The molecule has 91 heavy (non-hydrogen) atoms. The maximum absolute atomic E-state index is 13.0. The minimum Gasteiger partial charge on any atom is -0.477 e. The average molecular weight is 1270 g/mol. The van der Waals surface area contributed by atoms with Crippen LogP contribution in [-0.4, -0.2) is 87.4 Å². The lowest BCUT2D eigenvalue weighted by Crippen LogP contribution is -2.40. The van der Waals surface area contributed by atoms with E-state index in [2.05, 4.69) is 160 Å². The van der Waals surface area contributed by atoms with Gasteiger partial charge in [-0.2, -0.15) is 0 Å². The van der Waals surface area contributed by atoms with Crippen LogP contribution in [0.5, 0.6) is 0 Å². The van der Waals surface area contributed by atoms with Crippen molar-refractivity contribution >= 4 is 17.9 Å². The Morgan fingerprint density at radius 3 is 0.934 bits per heavy atom. The molecule has 0 saturated heterocycles. The van der Waals surface area contributed by atoms with E-state index in [1.807, 2.05) is 21.1 Å². The Morgan fingerprint density at radius 1 is 0.341 bits per heavy atom. The molecule has 2 atom stereocenters. The zero-order valence-electron chi connectivity index (χ0n) is 59.2. The van der Waals surface area contributed by atoms with E-state index < -0.39 is 24.3 Å². The summed E-state index contributed by atoms with van der Waals surface area (Å²) in [7, 11) is 5.97. The largest absolute Gasteiger partial charge is 0.477 e. The Bertz CT molecular complexity index is 2010. The van der Waals surface area contributed by atoms with Gasteiger partial charge in [-0.1, -0.05) is 307 Å². The number of quaternary nitrogens is 1. The van der Waals surface area contributed by atoms with Gasteiger partial charge < -0.3 is 28.5 Å². The van der Waals surface area contributed by atoms with Crippen molar-refractivity contribution in [3.63, 3.8) is 0 Å². The number of ether oxygens (including phenoxy) is 4. The Balaban J connectivity index is 4.11. The quantitative estimate of drug-likeness (QED) is 0.0211. The molecule has 0 aromatic carbocycles. The van der Waals surface area contributed by atoms with E-state index in [1.165, 1.54) is 154 Å². The predicted octanol–water partition coefficient (Wildman–Crippen LogP) is 23.5. The highest BCUT2D eigenvalue weighted by Crippen LogP contribution is 2.17. The summed E-state index contributed by atoms with van der Waals surface area (Å²) in [5, 5.41) is 9.76. The number of rotatable bonds is 67. The highest BCUT2D eigenvalue weighted by molar-refractivity contribution is 5.71. The van der Waals surface area contributed by atoms with Crippen LogP contribution in [0.15, 0.2) is 146 Å². The SMILES string of the molecule is CC/C=C\C/C=C\C/C=C\C/C=C\C/C=C\C/C=C\C/C=C\C/C=C\C/C=C\CCCCCCCCCCCCCCCC(=O)OC(COC(=O)CCCCCCCCCCCC/C=C\C/C=C\C/C=C\CCCCCCC)COC(OCC[N+](C)(C)C)C(=O)O. The molecule has 2 unspecified atom stereocenters. The second kappa shape index (κ2) is 71.0. The van der Waals surface area contributed by atoms with Crippen molar-refractivity contribution in [1.29, 1.82) is 0 Å². The summed E-state index contributed by atoms with van der Waals surface area (Å²) in [4.78, 5) is 37.7. The number of nitrogens with zero attached hydrogens (tertiary/aromatic N) is 1. The van der Waals surface area contributed by atoms with E-state index in [0.717, 1.165) is 109 Å². The molecule has 0 aromatic heterocycles. The number of esters is 2. The summed E-state index contributed by atoms with van der Waals surface area (Å²) in [6, 6.07) is 0. The van der Waals surface area contributed by atoms with E-state index in [1.54, 1.807) is 0 Å². The molecular weight excluding hydrogens is 1130 g/mol. The number of carboxylic acid groups (broad SMARTS) is 1. The zero-order valence-corrected chi connectivity index (χ0v) is 59.2. The van der Waals surface area contributed by atoms with Crippen molar-refractivity contribution in [1.82, 2.24) is 0 Å². The highest BCUT2D eigenvalue weighted by atomic mass is 16.7. The topological polar surface area (TPSA) is 108 Å². The fourth-order valence-corrected chi connectivity index (χ4v) is 9.96. The molecule has 0 heterocycles. The summed E-state index contributed by atoms with van der Waals surface area (Å²) in [6.45, 7) is 4.76. The summed E-state index contributed by atoms with van der Waals surface area (Å²) in [5.74, 6) is -2.01. The number of hydrogen-bond acceptors (Lipinski definition) is 7.